The molecule has 0 aliphatic rings. The Kier molecular flexibility index (Phi) is 22.8. The Morgan fingerprint density at radius 1 is 0.632 bits per heavy atom. The SMILES string of the molecule is CC(S)CC(=O)OCCN(C)C(=O)N(C)CCOC(=O)CC(C)S.CC(S)CC(=O)OCCN(C=O)C=O. The number of likely N-dealkylation sites (N-methyl/N-ethyl adjacent to an activating group) is 2. The number of rotatable bonds is 17. The van der Waals surface area contributed by atoms with Gasteiger partial charge in [-0.3, -0.25) is 28.9 Å². The van der Waals surface area contributed by atoms with Crippen LogP contribution in [0.25, 0.3) is 0 Å². The number of hydrogen-bond acceptors (Lipinski definition) is 12. The number of ether oxygens (including phenoxy) is 3. The van der Waals surface area contributed by atoms with Crippen molar-refractivity contribution in [2.45, 2.75) is 55.8 Å². The van der Waals surface area contributed by atoms with Crippen molar-refractivity contribution in [2.75, 3.05) is 53.6 Å². The maximum atomic E-state index is 12.1. The molecule has 0 rings (SSSR count). The summed E-state index contributed by atoms with van der Waals surface area (Å²) in [4.78, 5) is 69.8. The Labute approximate surface area is 241 Å². The Morgan fingerprint density at radius 3 is 1.18 bits per heavy atom. The number of amides is 4. The second kappa shape index (κ2) is 22.8. The molecular weight excluding hydrogens is 558 g/mol. The molecule has 220 valence electrons. The highest BCUT2D eigenvalue weighted by Gasteiger charge is 2.16. The molecule has 0 N–H and O–H groups in total. The quantitative estimate of drug-likeness (QED) is 0.0978. The van der Waals surface area contributed by atoms with E-state index in [1.807, 2.05) is 0 Å². The number of imide groups is 1. The minimum Gasteiger partial charge on any atom is -0.464 e. The molecule has 0 bridgehead atoms. The van der Waals surface area contributed by atoms with Crippen LogP contribution in [-0.2, 0) is 38.2 Å². The second-order valence-electron chi connectivity index (χ2n) is 8.40. The van der Waals surface area contributed by atoms with E-state index in [9.17, 15) is 28.8 Å². The fraction of sp³-hybridized carbons (Fsp3) is 0.739. The van der Waals surface area contributed by atoms with Crippen LogP contribution < -0.4 is 0 Å². The van der Waals surface area contributed by atoms with Crippen LogP contribution in [0.3, 0.4) is 0 Å². The van der Waals surface area contributed by atoms with Gasteiger partial charge in [0.25, 0.3) is 0 Å². The van der Waals surface area contributed by atoms with Gasteiger partial charge in [0.1, 0.15) is 19.8 Å². The van der Waals surface area contributed by atoms with E-state index < -0.39 is 0 Å². The molecule has 38 heavy (non-hydrogen) atoms. The summed E-state index contributed by atoms with van der Waals surface area (Å²) in [5, 5.41) is -0.178. The number of hydrogen-bond donors (Lipinski definition) is 3. The zero-order valence-electron chi connectivity index (χ0n) is 22.6. The lowest BCUT2D eigenvalue weighted by atomic mass is 10.3. The molecule has 0 aromatic heterocycles. The van der Waals surface area contributed by atoms with Crippen molar-refractivity contribution in [3.63, 3.8) is 0 Å². The molecule has 0 aliphatic heterocycles. The second-order valence-corrected chi connectivity index (χ2v) is 11.0. The molecule has 0 saturated carbocycles. The van der Waals surface area contributed by atoms with E-state index in [1.165, 1.54) is 9.80 Å². The number of nitrogens with zero attached hydrogens (tertiary/aromatic N) is 3. The van der Waals surface area contributed by atoms with Crippen molar-refractivity contribution in [2.24, 2.45) is 0 Å². The summed E-state index contributed by atoms with van der Waals surface area (Å²) in [5.74, 6) is -1.06. The molecule has 3 unspecified atom stereocenters. The summed E-state index contributed by atoms with van der Waals surface area (Å²) in [6.45, 7) is 6.32. The Hall–Kier alpha value is -2.13. The Morgan fingerprint density at radius 2 is 0.921 bits per heavy atom. The van der Waals surface area contributed by atoms with Gasteiger partial charge >= 0.3 is 23.9 Å². The minimum absolute atomic E-state index is 0.0246. The van der Waals surface area contributed by atoms with Crippen LogP contribution >= 0.6 is 37.9 Å². The third-order valence-electron chi connectivity index (χ3n) is 4.30. The molecule has 0 spiro atoms. The van der Waals surface area contributed by atoms with E-state index in [1.54, 1.807) is 34.9 Å². The summed E-state index contributed by atoms with van der Waals surface area (Å²) in [6.07, 6.45) is 1.43. The number of esters is 3. The third kappa shape index (κ3) is 23.0. The average Bonchev–Trinajstić information content (AvgIpc) is 2.80. The van der Waals surface area contributed by atoms with Crippen LogP contribution in [0.15, 0.2) is 0 Å². The first-order valence-electron chi connectivity index (χ1n) is 11.9. The van der Waals surface area contributed by atoms with Crippen molar-refractivity contribution in [3.05, 3.63) is 0 Å². The zero-order valence-corrected chi connectivity index (χ0v) is 25.3. The Bertz CT molecular complexity index is 696. The van der Waals surface area contributed by atoms with Crippen molar-refractivity contribution < 1.29 is 43.0 Å². The van der Waals surface area contributed by atoms with E-state index in [2.05, 4.69) is 37.9 Å². The zero-order chi connectivity index (χ0) is 29.7. The maximum Gasteiger partial charge on any atom is 0.319 e. The van der Waals surface area contributed by atoms with Gasteiger partial charge in [-0.1, -0.05) is 20.8 Å². The molecule has 15 heteroatoms. The van der Waals surface area contributed by atoms with Crippen molar-refractivity contribution >= 4 is 74.6 Å². The fourth-order valence-corrected chi connectivity index (χ4v) is 2.82. The van der Waals surface area contributed by atoms with Gasteiger partial charge in [0.2, 0.25) is 12.8 Å². The van der Waals surface area contributed by atoms with E-state index in [-0.39, 0.29) is 98.4 Å². The van der Waals surface area contributed by atoms with E-state index >= 15 is 0 Å². The number of thiol groups is 3. The standard InChI is InChI=1S/C15H28N2O5S2.C8H13NO4S/c1-11(23)9-13(18)21-7-5-16(3)15(20)17(4)6-8-22-14(19)10-12(2)24;1-7(14)4-8(12)13-3-2-9(5-10)6-11/h11-12,23-24H,5-10H2,1-4H3;5-7,14H,2-4H2,1H3. The van der Waals surface area contributed by atoms with Gasteiger partial charge in [-0.25, -0.2) is 4.79 Å². The molecule has 0 radical (unpaired) electrons. The fourth-order valence-electron chi connectivity index (χ4n) is 2.37. The predicted octanol–water partition coefficient (Wildman–Crippen LogP) is 1.33. The first kappa shape index (κ1) is 38.0. The van der Waals surface area contributed by atoms with Gasteiger partial charge in [-0.2, -0.15) is 37.9 Å². The largest absolute Gasteiger partial charge is 0.464 e. The number of carbonyl (C=O) groups is 6. The smallest absolute Gasteiger partial charge is 0.319 e. The normalized spacial score (nSPS) is 12.4. The van der Waals surface area contributed by atoms with Gasteiger partial charge in [0.05, 0.1) is 38.9 Å². The summed E-state index contributed by atoms with van der Waals surface area (Å²) < 4.78 is 14.8. The predicted molar refractivity (Wildman–Crippen MR) is 152 cm³/mol. The van der Waals surface area contributed by atoms with Crippen LogP contribution in [0.4, 0.5) is 4.79 Å². The van der Waals surface area contributed by atoms with Crippen LogP contribution in [0.1, 0.15) is 40.0 Å². The summed E-state index contributed by atoms with van der Waals surface area (Å²) in [6, 6.07) is -0.243. The monoisotopic (exact) mass is 599 g/mol. The topological polar surface area (TPSA) is 140 Å². The molecule has 0 saturated heterocycles. The average molecular weight is 600 g/mol. The van der Waals surface area contributed by atoms with Crippen LogP contribution in [0.2, 0.25) is 0 Å². The molecule has 4 amide bonds. The van der Waals surface area contributed by atoms with E-state index in [0.29, 0.717) is 12.8 Å². The first-order chi connectivity index (χ1) is 17.7. The number of carbonyl (C=O) groups excluding carboxylic acids is 6. The molecule has 0 aromatic carbocycles. The summed E-state index contributed by atoms with van der Waals surface area (Å²) in [5.41, 5.74) is 0. The summed E-state index contributed by atoms with van der Waals surface area (Å²) in [7, 11) is 3.23. The maximum absolute atomic E-state index is 12.1. The van der Waals surface area contributed by atoms with Crippen molar-refractivity contribution in [1.29, 1.82) is 0 Å². The highest BCUT2D eigenvalue weighted by atomic mass is 32.1. The van der Waals surface area contributed by atoms with Crippen LogP contribution in [-0.4, -0.2) is 121 Å². The van der Waals surface area contributed by atoms with Crippen LogP contribution in [0, 0.1) is 0 Å². The van der Waals surface area contributed by atoms with Gasteiger partial charge in [-0.05, 0) is 0 Å². The van der Waals surface area contributed by atoms with E-state index in [0.717, 1.165) is 4.90 Å². The molecule has 12 nitrogen and oxygen atoms in total. The van der Waals surface area contributed by atoms with Crippen molar-refractivity contribution in [3.8, 4) is 0 Å². The first-order valence-corrected chi connectivity index (χ1v) is 13.4. The Balaban J connectivity index is 0. The molecule has 0 aromatic rings. The van der Waals surface area contributed by atoms with Crippen molar-refractivity contribution in [1.82, 2.24) is 14.7 Å². The molecule has 0 heterocycles. The lowest BCUT2D eigenvalue weighted by molar-refractivity contribution is -0.145. The molecular formula is C23H41N3O9S3. The molecule has 3 atom stereocenters. The third-order valence-corrected chi connectivity index (χ3v) is 4.85. The van der Waals surface area contributed by atoms with Gasteiger partial charge in [0, 0.05) is 29.8 Å². The minimum atomic E-state index is -0.385. The summed E-state index contributed by atoms with van der Waals surface area (Å²) >= 11 is 12.2. The van der Waals surface area contributed by atoms with Gasteiger partial charge in [0.15, 0.2) is 0 Å². The number of urea groups is 1. The highest BCUT2D eigenvalue weighted by molar-refractivity contribution is 7.81. The van der Waals surface area contributed by atoms with E-state index in [4.69, 9.17) is 14.2 Å². The van der Waals surface area contributed by atoms with Gasteiger partial charge in [-0.15, -0.1) is 0 Å². The lowest BCUT2D eigenvalue weighted by Crippen LogP contribution is -2.42. The van der Waals surface area contributed by atoms with Crippen LogP contribution in [0.5, 0.6) is 0 Å². The molecule has 0 fully saturated rings. The van der Waals surface area contributed by atoms with Gasteiger partial charge < -0.3 is 24.0 Å². The molecule has 0 aliphatic carbocycles. The lowest BCUT2D eigenvalue weighted by Gasteiger charge is -2.24. The highest BCUT2D eigenvalue weighted by Crippen LogP contribution is 2.03.